The fraction of sp³-hybridized carbons (Fsp3) is 0.900. The van der Waals surface area contributed by atoms with E-state index in [2.05, 4.69) is 5.32 Å². The first-order chi connectivity index (χ1) is 6.74. The van der Waals surface area contributed by atoms with E-state index >= 15 is 0 Å². The van der Waals surface area contributed by atoms with Gasteiger partial charge < -0.3 is 10.4 Å². The number of carbonyl (C=O) groups is 1. The van der Waals surface area contributed by atoms with Gasteiger partial charge in [0.05, 0.1) is 5.41 Å². The molecule has 3 unspecified atom stereocenters. The molecule has 1 amide bonds. The van der Waals surface area contributed by atoms with Gasteiger partial charge in [-0.25, -0.2) is 0 Å². The van der Waals surface area contributed by atoms with Crippen molar-refractivity contribution in [3.8, 4) is 0 Å². The van der Waals surface area contributed by atoms with E-state index in [1.165, 1.54) is 0 Å². The van der Waals surface area contributed by atoms with Crippen molar-refractivity contribution in [2.75, 3.05) is 6.61 Å². The Hall–Kier alpha value is 0.01000. The molecule has 0 bridgehead atoms. The Labute approximate surface area is 100 Å². The number of aliphatic hydroxyl groups excluding tert-OH is 1. The van der Waals surface area contributed by atoms with Gasteiger partial charge in [-0.2, -0.15) is 0 Å². The maximum Gasteiger partial charge on any atom is 0.229 e. The van der Waals surface area contributed by atoms with Gasteiger partial charge >= 0.3 is 0 Å². The molecular weight excluding hydrogens is 237 g/mol. The van der Waals surface area contributed by atoms with Crippen molar-refractivity contribution in [1.82, 2.24) is 5.32 Å². The van der Waals surface area contributed by atoms with Gasteiger partial charge in [-0.3, -0.25) is 4.79 Å². The zero-order valence-electron chi connectivity index (χ0n) is 9.18. The monoisotopic (exact) mass is 253 g/mol. The van der Waals surface area contributed by atoms with Crippen LogP contribution in [0.1, 0.15) is 27.2 Å². The summed E-state index contributed by atoms with van der Waals surface area (Å²) < 4.78 is -0.931. The average Bonchev–Trinajstić information content (AvgIpc) is 2.66. The van der Waals surface area contributed by atoms with E-state index in [1.807, 2.05) is 13.8 Å². The molecule has 0 aliphatic heterocycles. The standard InChI is InChI=1S/C10H17Cl2NO2/c1-6(4-14)7(2)13-8(15)9(3)5-10(9,11)12/h6-7,14H,4-5H2,1-3H3,(H,13,15). The highest BCUT2D eigenvalue weighted by Crippen LogP contribution is 2.63. The molecular formula is C10H17Cl2NO2. The molecule has 88 valence electrons. The lowest BCUT2D eigenvalue weighted by molar-refractivity contribution is -0.126. The van der Waals surface area contributed by atoms with E-state index in [4.69, 9.17) is 28.3 Å². The van der Waals surface area contributed by atoms with Gasteiger partial charge in [-0.05, 0) is 26.2 Å². The Morgan fingerprint density at radius 3 is 2.33 bits per heavy atom. The van der Waals surface area contributed by atoms with E-state index in [1.54, 1.807) is 6.92 Å². The molecule has 1 rings (SSSR count). The minimum atomic E-state index is -0.931. The molecule has 3 nitrogen and oxygen atoms in total. The Kier molecular flexibility index (Phi) is 3.59. The quantitative estimate of drug-likeness (QED) is 0.750. The van der Waals surface area contributed by atoms with Crippen molar-refractivity contribution in [3.05, 3.63) is 0 Å². The van der Waals surface area contributed by atoms with Crippen molar-refractivity contribution >= 4 is 29.1 Å². The van der Waals surface area contributed by atoms with E-state index in [-0.39, 0.29) is 24.5 Å². The predicted octanol–water partition coefficient (Wildman–Crippen LogP) is 1.70. The normalized spacial score (nSPS) is 31.9. The third kappa shape index (κ3) is 2.40. The SMILES string of the molecule is CC(CO)C(C)NC(=O)C1(C)CC1(Cl)Cl. The first-order valence-electron chi connectivity index (χ1n) is 5.04. The minimum absolute atomic E-state index is 0.0244. The number of hydrogen-bond acceptors (Lipinski definition) is 2. The molecule has 0 spiro atoms. The number of aliphatic hydroxyl groups is 1. The van der Waals surface area contributed by atoms with Crippen molar-refractivity contribution in [2.45, 2.75) is 37.6 Å². The Balaban J connectivity index is 2.51. The molecule has 0 saturated heterocycles. The molecule has 0 aromatic rings. The Morgan fingerprint density at radius 2 is 2.00 bits per heavy atom. The molecule has 15 heavy (non-hydrogen) atoms. The maximum atomic E-state index is 11.8. The van der Waals surface area contributed by atoms with E-state index in [0.29, 0.717) is 6.42 Å². The number of hydrogen-bond donors (Lipinski definition) is 2. The van der Waals surface area contributed by atoms with Crippen LogP contribution in [0.15, 0.2) is 0 Å². The summed E-state index contributed by atoms with van der Waals surface area (Å²) in [6.45, 7) is 5.52. The topological polar surface area (TPSA) is 49.3 Å². The third-order valence-electron chi connectivity index (χ3n) is 3.26. The summed E-state index contributed by atoms with van der Waals surface area (Å²) in [5, 5.41) is 11.8. The van der Waals surface area contributed by atoms with Crippen LogP contribution < -0.4 is 5.32 Å². The van der Waals surface area contributed by atoms with Crippen LogP contribution in [0, 0.1) is 11.3 Å². The zero-order valence-corrected chi connectivity index (χ0v) is 10.7. The molecule has 3 atom stereocenters. The Morgan fingerprint density at radius 1 is 1.53 bits per heavy atom. The van der Waals surface area contributed by atoms with E-state index < -0.39 is 9.75 Å². The summed E-state index contributed by atoms with van der Waals surface area (Å²) >= 11 is 11.8. The molecule has 0 aromatic carbocycles. The molecule has 1 saturated carbocycles. The number of carbonyl (C=O) groups excluding carboxylic acids is 1. The maximum absolute atomic E-state index is 11.8. The number of rotatable bonds is 4. The third-order valence-corrected chi connectivity index (χ3v) is 4.36. The second kappa shape index (κ2) is 4.11. The Bertz CT molecular complexity index is 270. The van der Waals surface area contributed by atoms with Gasteiger partial charge in [0, 0.05) is 12.6 Å². The lowest BCUT2D eigenvalue weighted by Gasteiger charge is -2.22. The lowest BCUT2D eigenvalue weighted by atomic mass is 10.0. The second-order valence-electron chi connectivity index (χ2n) is 4.64. The summed E-state index contributed by atoms with van der Waals surface area (Å²) in [4.78, 5) is 11.8. The molecule has 0 aromatic heterocycles. The van der Waals surface area contributed by atoms with Crippen LogP contribution in [0.25, 0.3) is 0 Å². The van der Waals surface area contributed by atoms with Crippen LogP contribution in [0.5, 0.6) is 0 Å². The second-order valence-corrected chi connectivity index (χ2v) is 6.12. The number of nitrogens with one attached hydrogen (secondary N) is 1. The fourth-order valence-electron chi connectivity index (χ4n) is 1.31. The number of amides is 1. The highest BCUT2D eigenvalue weighted by Gasteiger charge is 2.67. The van der Waals surface area contributed by atoms with Crippen LogP contribution in [0.2, 0.25) is 0 Å². The number of alkyl halides is 2. The van der Waals surface area contributed by atoms with Crippen molar-refractivity contribution in [3.63, 3.8) is 0 Å². The highest BCUT2D eigenvalue weighted by molar-refractivity contribution is 6.53. The number of halogens is 2. The van der Waals surface area contributed by atoms with Gasteiger partial charge in [0.1, 0.15) is 4.33 Å². The summed E-state index contributed by atoms with van der Waals surface area (Å²) in [6, 6.07) is -0.0796. The highest BCUT2D eigenvalue weighted by atomic mass is 35.5. The molecule has 1 aliphatic carbocycles. The zero-order chi connectivity index (χ0) is 11.9. The van der Waals surface area contributed by atoms with Crippen molar-refractivity contribution < 1.29 is 9.90 Å². The van der Waals surface area contributed by atoms with Crippen LogP contribution >= 0.6 is 23.2 Å². The van der Waals surface area contributed by atoms with Gasteiger partial charge in [0.2, 0.25) is 5.91 Å². The first kappa shape index (κ1) is 13.1. The summed E-state index contributed by atoms with van der Waals surface area (Å²) in [6.07, 6.45) is 0.481. The van der Waals surface area contributed by atoms with Crippen LogP contribution in [0.3, 0.4) is 0 Å². The van der Waals surface area contributed by atoms with Crippen LogP contribution in [-0.2, 0) is 4.79 Å². The molecule has 2 N–H and O–H groups in total. The van der Waals surface area contributed by atoms with Crippen LogP contribution in [0.4, 0.5) is 0 Å². The molecule has 0 radical (unpaired) electrons. The summed E-state index contributed by atoms with van der Waals surface area (Å²) in [5.41, 5.74) is -0.681. The van der Waals surface area contributed by atoms with Gasteiger partial charge in [0.25, 0.3) is 0 Å². The molecule has 1 aliphatic rings. The molecule has 1 fully saturated rings. The lowest BCUT2D eigenvalue weighted by Crippen LogP contribution is -2.43. The van der Waals surface area contributed by atoms with Crippen molar-refractivity contribution in [1.29, 1.82) is 0 Å². The van der Waals surface area contributed by atoms with E-state index in [9.17, 15) is 4.79 Å². The van der Waals surface area contributed by atoms with Crippen LogP contribution in [-0.4, -0.2) is 28.0 Å². The molecule has 0 heterocycles. The van der Waals surface area contributed by atoms with Gasteiger partial charge in [-0.15, -0.1) is 23.2 Å². The summed E-state index contributed by atoms with van der Waals surface area (Å²) in [7, 11) is 0. The van der Waals surface area contributed by atoms with Gasteiger partial charge in [-0.1, -0.05) is 6.92 Å². The van der Waals surface area contributed by atoms with E-state index in [0.717, 1.165) is 0 Å². The smallest absolute Gasteiger partial charge is 0.229 e. The minimum Gasteiger partial charge on any atom is -0.396 e. The predicted molar refractivity (Wildman–Crippen MR) is 61.0 cm³/mol. The first-order valence-corrected chi connectivity index (χ1v) is 5.80. The largest absolute Gasteiger partial charge is 0.396 e. The van der Waals surface area contributed by atoms with Gasteiger partial charge in [0.15, 0.2) is 0 Å². The summed E-state index contributed by atoms with van der Waals surface area (Å²) in [5.74, 6) is -0.114. The van der Waals surface area contributed by atoms with Crippen molar-refractivity contribution in [2.24, 2.45) is 11.3 Å². The molecule has 5 heteroatoms. The fourth-order valence-corrected chi connectivity index (χ4v) is 2.02. The average molecular weight is 254 g/mol.